The van der Waals surface area contributed by atoms with Crippen molar-refractivity contribution in [3.05, 3.63) is 34.9 Å². The molecule has 1 atom stereocenters. The lowest BCUT2D eigenvalue weighted by atomic mass is 9.97. The molecule has 0 bridgehead atoms. The SMILES string of the molecule is Cc1cc(C)cc(CSCC(=O)N2CCC[C@@H](CN3CCOCC3)C2)c1. The number of hydrogen-bond donors (Lipinski definition) is 0. The van der Waals surface area contributed by atoms with Crippen molar-refractivity contribution in [2.45, 2.75) is 32.4 Å². The van der Waals surface area contributed by atoms with Crippen molar-refractivity contribution < 1.29 is 9.53 Å². The summed E-state index contributed by atoms with van der Waals surface area (Å²) in [6.07, 6.45) is 2.39. The van der Waals surface area contributed by atoms with E-state index in [0.717, 1.165) is 58.1 Å². The third-order valence-electron chi connectivity index (χ3n) is 5.27. The fraction of sp³-hybridized carbons (Fsp3) is 0.667. The van der Waals surface area contributed by atoms with Crippen LogP contribution < -0.4 is 0 Å². The molecule has 0 radical (unpaired) electrons. The van der Waals surface area contributed by atoms with Gasteiger partial charge in [0, 0.05) is 38.5 Å². The van der Waals surface area contributed by atoms with E-state index in [1.807, 2.05) is 0 Å². The Bertz CT molecular complexity index is 581. The fourth-order valence-corrected chi connectivity index (χ4v) is 4.95. The zero-order chi connectivity index (χ0) is 18.4. The van der Waals surface area contributed by atoms with Crippen LogP contribution in [0.1, 0.15) is 29.5 Å². The number of rotatable bonds is 6. The summed E-state index contributed by atoms with van der Waals surface area (Å²) in [5.74, 6) is 2.44. The first-order chi connectivity index (χ1) is 12.6. The van der Waals surface area contributed by atoms with Crippen LogP contribution in [0, 0.1) is 19.8 Å². The van der Waals surface area contributed by atoms with Crippen LogP contribution in [0.5, 0.6) is 0 Å². The average Bonchev–Trinajstić information content (AvgIpc) is 2.62. The van der Waals surface area contributed by atoms with Gasteiger partial charge in [-0.25, -0.2) is 0 Å². The molecule has 5 heteroatoms. The molecule has 0 spiro atoms. The van der Waals surface area contributed by atoms with Gasteiger partial charge in [0.15, 0.2) is 0 Å². The Hall–Kier alpha value is -1.04. The molecule has 0 aliphatic carbocycles. The van der Waals surface area contributed by atoms with E-state index in [1.54, 1.807) is 11.8 Å². The molecular weight excluding hydrogens is 344 g/mol. The predicted octanol–water partition coefficient (Wildman–Crippen LogP) is 3.11. The van der Waals surface area contributed by atoms with Crippen LogP contribution in [-0.4, -0.2) is 67.4 Å². The summed E-state index contributed by atoms with van der Waals surface area (Å²) >= 11 is 1.74. The summed E-state index contributed by atoms with van der Waals surface area (Å²) in [6.45, 7) is 11.0. The lowest BCUT2D eigenvalue weighted by Gasteiger charge is -2.36. The van der Waals surface area contributed by atoms with Gasteiger partial charge in [0.25, 0.3) is 0 Å². The van der Waals surface area contributed by atoms with Crippen LogP contribution in [0.4, 0.5) is 0 Å². The zero-order valence-electron chi connectivity index (χ0n) is 16.2. The molecule has 1 aromatic rings. The Balaban J connectivity index is 1.42. The zero-order valence-corrected chi connectivity index (χ0v) is 17.0. The number of carbonyl (C=O) groups is 1. The van der Waals surface area contributed by atoms with Crippen LogP contribution in [0.15, 0.2) is 18.2 Å². The molecule has 26 heavy (non-hydrogen) atoms. The molecule has 2 saturated heterocycles. The Kier molecular flexibility index (Phi) is 7.41. The molecule has 2 heterocycles. The van der Waals surface area contributed by atoms with Gasteiger partial charge < -0.3 is 9.64 Å². The molecular formula is C21H32N2O2S. The fourth-order valence-electron chi connectivity index (χ4n) is 4.09. The highest BCUT2D eigenvalue weighted by atomic mass is 32.2. The van der Waals surface area contributed by atoms with Crippen molar-refractivity contribution in [2.75, 3.05) is 51.7 Å². The van der Waals surface area contributed by atoms with Gasteiger partial charge in [-0.15, -0.1) is 11.8 Å². The standard InChI is InChI=1S/C21H32N2O2S/c1-17-10-18(2)12-20(11-17)15-26-16-21(24)23-5-3-4-19(14-23)13-22-6-8-25-9-7-22/h10-12,19H,3-9,13-16H2,1-2H3/t19-/m0/s1. The van der Waals surface area contributed by atoms with Crippen molar-refractivity contribution in [1.29, 1.82) is 0 Å². The van der Waals surface area contributed by atoms with E-state index in [0.29, 0.717) is 17.6 Å². The van der Waals surface area contributed by atoms with Crippen molar-refractivity contribution in [3.8, 4) is 0 Å². The number of ether oxygens (including phenoxy) is 1. The number of thioether (sulfide) groups is 1. The molecule has 0 unspecified atom stereocenters. The summed E-state index contributed by atoms with van der Waals surface area (Å²) in [5.41, 5.74) is 3.92. The van der Waals surface area contributed by atoms with Crippen LogP contribution >= 0.6 is 11.8 Å². The van der Waals surface area contributed by atoms with E-state index in [4.69, 9.17) is 4.74 Å². The predicted molar refractivity (Wildman–Crippen MR) is 109 cm³/mol. The lowest BCUT2D eigenvalue weighted by Crippen LogP contribution is -2.46. The molecule has 0 N–H and O–H groups in total. The van der Waals surface area contributed by atoms with Gasteiger partial charge >= 0.3 is 0 Å². The number of carbonyl (C=O) groups excluding carboxylic acids is 1. The number of nitrogens with zero attached hydrogens (tertiary/aromatic N) is 2. The minimum absolute atomic E-state index is 0.311. The number of benzene rings is 1. The van der Waals surface area contributed by atoms with Gasteiger partial charge in [-0.3, -0.25) is 9.69 Å². The molecule has 2 aliphatic rings. The van der Waals surface area contributed by atoms with E-state index < -0.39 is 0 Å². The van der Waals surface area contributed by atoms with Crippen LogP contribution in [0.2, 0.25) is 0 Å². The second-order valence-electron chi connectivity index (χ2n) is 7.75. The highest BCUT2D eigenvalue weighted by molar-refractivity contribution is 7.99. The molecule has 1 amide bonds. The maximum Gasteiger partial charge on any atom is 0.232 e. The average molecular weight is 377 g/mol. The number of likely N-dealkylation sites (tertiary alicyclic amines) is 1. The largest absolute Gasteiger partial charge is 0.379 e. The summed E-state index contributed by atoms with van der Waals surface area (Å²) in [5, 5.41) is 0. The number of amides is 1. The number of piperidine rings is 1. The van der Waals surface area contributed by atoms with Crippen molar-refractivity contribution in [1.82, 2.24) is 9.80 Å². The van der Waals surface area contributed by atoms with Crippen LogP contribution in [0.25, 0.3) is 0 Å². The summed E-state index contributed by atoms with van der Waals surface area (Å²) < 4.78 is 5.43. The highest BCUT2D eigenvalue weighted by Crippen LogP contribution is 2.21. The highest BCUT2D eigenvalue weighted by Gasteiger charge is 2.25. The number of morpholine rings is 1. The van der Waals surface area contributed by atoms with E-state index in [2.05, 4.69) is 41.8 Å². The van der Waals surface area contributed by atoms with Crippen LogP contribution in [-0.2, 0) is 15.3 Å². The van der Waals surface area contributed by atoms with Gasteiger partial charge in [-0.1, -0.05) is 29.3 Å². The first-order valence-corrected chi connectivity index (χ1v) is 11.0. The first kappa shape index (κ1) is 19.7. The number of hydrogen-bond acceptors (Lipinski definition) is 4. The summed E-state index contributed by atoms with van der Waals surface area (Å²) in [6, 6.07) is 6.65. The van der Waals surface area contributed by atoms with Gasteiger partial charge in [0.2, 0.25) is 5.91 Å². The van der Waals surface area contributed by atoms with Crippen molar-refractivity contribution >= 4 is 17.7 Å². The summed E-state index contributed by atoms with van der Waals surface area (Å²) in [7, 11) is 0. The molecule has 0 aromatic heterocycles. The minimum atomic E-state index is 0.311. The molecule has 2 fully saturated rings. The lowest BCUT2D eigenvalue weighted by molar-refractivity contribution is -0.130. The summed E-state index contributed by atoms with van der Waals surface area (Å²) in [4.78, 5) is 17.2. The quantitative estimate of drug-likeness (QED) is 0.764. The second-order valence-corrected chi connectivity index (χ2v) is 8.74. The first-order valence-electron chi connectivity index (χ1n) is 9.83. The van der Waals surface area contributed by atoms with Gasteiger partial charge in [0.05, 0.1) is 19.0 Å². The monoisotopic (exact) mass is 376 g/mol. The van der Waals surface area contributed by atoms with Crippen molar-refractivity contribution in [3.63, 3.8) is 0 Å². The molecule has 0 saturated carbocycles. The number of aryl methyl sites for hydroxylation is 2. The maximum absolute atomic E-state index is 12.6. The maximum atomic E-state index is 12.6. The van der Waals surface area contributed by atoms with E-state index in [1.165, 1.54) is 23.1 Å². The third-order valence-corrected chi connectivity index (χ3v) is 6.26. The Morgan fingerprint density at radius 1 is 1.15 bits per heavy atom. The van der Waals surface area contributed by atoms with Crippen molar-refractivity contribution in [2.24, 2.45) is 5.92 Å². The van der Waals surface area contributed by atoms with Gasteiger partial charge in [0.1, 0.15) is 0 Å². The smallest absolute Gasteiger partial charge is 0.232 e. The van der Waals surface area contributed by atoms with Gasteiger partial charge in [-0.05, 0) is 38.2 Å². The second kappa shape index (κ2) is 9.77. The molecule has 144 valence electrons. The molecule has 1 aromatic carbocycles. The minimum Gasteiger partial charge on any atom is -0.379 e. The van der Waals surface area contributed by atoms with E-state index in [9.17, 15) is 4.79 Å². The third kappa shape index (κ3) is 6.00. The van der Waals surface area contributed by atoms with E-state index in [-0.39, 0.29) is 0 Å². The topological polar surface area (TPSA) is 32.8 Å². The molecule has 2 aliphatic heterocycles. The molecule has 3 rings (SSSR count). The normalized spacial score (nSPS) is 21.8. The Morgan fingerprint density at radius 2 is 1.88 bits per heavy atom. The molecule has 4 nitrogen and oxygen atoms in total. The van der Waals surface area contributed by atoms with Crippen LogP contribution in [0.3, 0.4) is 0 Å². The Morgan fingerprint density at radius 3 is 2.62 bits per heavy atom. The van der Waals surface area contributed by atoms with Gasteiger partial charge in [-0.2, -0.15) is 0 Å². The van der Waals surface area contributed by atoms with E-state index >= 15 is 0 Å². The Labute approximate surface area is 162 Å².